The monoisotopic (exact) mass is 364 g/mol. The van der Waals surface area contributed by atoms with Crippen LogP contribution in [0.3, 0.4) is 0 Å². The summed E-state index contributed by atoms with van der Waals surface area (Å²) >= 11 is 0. The molecule has 0 saturated heterocycles. The second kappa shape index (κ2) is 8.82. The van der Waals surface area contributed by atoms with Gasteiger partial charge in [-0.15, -0.1) is 0 Å². The molecule has 0 aliphatic heterocycles. The Hall–Kier alpha value is -0.960. The highest BCUT2D eigenvalue weighted by molar-refractivity contribution is 5.24. The number of hydrogen-bond donors (Lipinski definition) is 1. The molecule has 0 unspecified atom stereocenters. The fraction of sp³-hybridized carbons (Fsp3) is 0.739. The van der Waals surface area contributed by atoms with Gasteiger partial charge in [0.25, 0.3) is 0 Å². The first-order valence-electron chi connectivity index (χ1n) is 10.7. The van der Waals surface area contributed by atoms with E-state index in [1.807, 2.05) is 0 Å². The van der Waals surface area contributed by atoms with E-state index in [4.69, 9.17) is 0 Å². The molecule has 0 atom stereocenters. The molecule has 0 amide bonds. The Morgan fingerprint density at radius 2 is 1.38 bits per heavy atom. The van der Waals surface area contributed by atoms with E-state index in [2.05, 4.69) is 6.92 Å². The van der Waals surface area contributed by atoms with Crippen LogP contribution in [0.2, 0.25) is 0 Å². The van der Waals surface area contributed by atoms with Crippen molar-refractivity contribution in [2.45, 2.75) is 89.6 Å². The SMILES string of the molecule is CCCC1CCC(CCC2CCC(O)(c3ccc(F)c(F)c3)CC2)CC1. The summed E-state index contributed by atoms with van der Waals surface area (Å²) in [6.45, 7) is 2.29. The van der Waals surface area contributed by atoms with Gasteiger partial charge in [-0.2, -0.15) is 0 Å². The highest BCUT2D eigenvalue weighted by Gasteiger charge is 2.35. The first-order valence-corrected chi connectivity index (χ1v) is 10.7. The molecule has 0 aromatic heterocycles. The molecular formula is C23H34F2O. The van der Waals surface area contributed by atoms with Crippen molar-refractivity contribution in [3.8, 4) is 0 Å². The van der Waals surface area contributed by atoms with E-state index in [1.165, 1.54) is 63.5 Å². The molecule has 146 valence electrons. The van der Waals surface area contributed by atoms with Crippen molar-refractivity contribution in [3.05, 3.63) is 35.4 Å². The molecule has 1 aromatic carbocycles. The molecule has 0 bridgehead atoms. The third kappa shape index (κ3) is 4.85. The summed E-state index contributed by atoms with van der Waals surface area (Å²) in [7, 11) is 0. The highest BCUT2D eigenvalue weighted by Crippen LogP contribution is 2.42. The van der Waals surface area contributed by atoms with E-state index in [1.54, 1.807) is 0 Å². The molecule has 1 aromatic rings. The third-order valence-corrected chi connectivity index (χ3v) is 7.04. The number of benzene rings is 1. The minimum absolute atomic E-state index is 0.532. The molecule has 2 saturated carbocycles. The summed E-state index contributed by atoms with van der Waals surface area (Å²) in [5.74, 6) is 0.831. The normalized spacial score (nSPS) is 32.5. The Morgan fingerprint density at radius 3 is 1.92 bits per heavy atom. The number of aliphatic hydroxyl groups is 1. The van der Waals surface area contributed by atoms with Gasteiger partial charge in [0.15, 0.2) is 11.6 Å². The predicted molar refractivity (Wildman–Crippen MR) is 102 cm³/mol. The Bertz CT molecular complexity index is 570. The van der Waals surface area contributed by atoms with Crippen molar-refractivity contribution in [1.82, 2.24) is 0 Å². The minimum atomic E-state index is -0.983. The smallest absolute Gasteiger partial charge is 0.159 e. The number of halogens is 2. The molecule has 0 spiro atoms. The zero-order valence-corrected chi connectivity index (χ0v) is 16.2. The maximum atomic E-state index is 13.5. The van der Waals surface area contributed by atoms with Gasteiger partial charge < -0.3 is 5.11 Å². The van der Waals surface area contributed by atoms with Crippen LogP contribution in [0.25, 0.3) is 0 Å². The van der Waals surface area contributed by atoms with E-state index >= 15 is 0 Å². The Labute approximate surface area is 157 Å². The fourth-order valence-electron chi connectivity index (χ4n) is 5.21. The zero-order valence-electron chi connectivity index (χ0n) is 16.2. The van der Waals surface area contributed by atoms with Crippen LogP contribution in [0.1, 0.15) is 89.5 Å². The molecular weight excluding hydrogens is 330 g/mol. The molecule has 0 radical (unpaired) electrons. The van der Waals surface area contributed by atoms with Gasteiger partial charge in [0.1, 0.15) is 0 Å². The van der Waals surface area contributed by atoms with Crippen LogP contribution in [0, 0.1) is 29.4 Å². The average Bonchev–Trinajstić information content (AvgIpc) is 2.65. The highest BCUT2D eigenvalue weighted by atomic mass is 19.2. The van der Waals surface area contributed by atoms with Gasteiger partial charge >= 0.3 is 0 Å². The minimum Gasteiger partial charge on any atom is -0.385 e. The van der Waals surface area contributed by atoms with Crippen LogP contribution in [0.4, 0.5) is 8.78 Å². The second-order valence-corrected chi connectivity index (χ2v) is 8.86. The van der Waals surface area contributed by atoms with Crippen molar-refractivity contribution in [2.75, 3.05) is 0 Å². The molecule has 3 heteroatoms. The van der Waals surface area contributed by atoms with E-state index in [0.29, 0.717) is 24.3 Å². The largest absolute Gasteiger partial charge is 0.385 e. The summed E-state index contributed by atoms with van der Waals surface area (Å²) < 4.78 is 26.6. The summed E-state index contributed by atoms with van der Waals surface area (Å²) in [4.78, 5) is 0. The van der Waals surface area contributed by atoms with Crippen molar-refractivity contribution in [3.63, 3.8) is 0 Å². The Morgan fingerprint density at radius 1 is 0.846 bits per heavy atom. The Kier molecular flexibility index (Phi) is 6.71. The molecule has 26 heavy (non-hydrogen) atoms. The van der Waals surface area contributed by atoms with Crippen LogP contribution in [0.15, 0.2) is 18.2 Å². The van der Waals surface area contributed by atoms with Crippen LogP contribution in [-0.2, 0) is 5.60 Å². The standard InChI is InChI=1S/C23H34F2O/c1-2-3-17-4-6-18(7-5-17)8-9-19-12-14-23(26,15-13-19)20-10-11-21(24)22(25)16-20/h10-11,16-19,26H,2-9,12-15H2,1H3. The fourth-order valence-corrected chi connectivity index (χ4v) is 5.21. The lowest BCUT2D eigenvalue weighted by Crippen LogP contribution is -2.32. The first-order chi connectivity index (χ1) is 12.5. The van der Waals surface area contributed by atoms with Crippen molar-refractivity contribution in [2.24, 2.45) is 17.8 Å². The molecule has 1 N–H and O–H groups in total. The topological polar surface area (TPSA) is 20.2 Å². The van der Waals surface area contributed by atoms with E-state index in [0.717, 1.165) is 30.7 Å². The number of hydrogen-bond acceptors (Lipinski definition) is 1. The van der Waals surface area contributed by atoms with Crippen molar-refractivity contribution >= 4 is 0 Å². The van der Waals surface area contributed by atoms with Gasteiger partial charge in [0, 0.05) is 0 Å². The molecule has 2 aliphatic carbocycles. The quantitative estimate of drug-likeness (QED) is 0.593. The zero-order chi connectivity index (χ0) is 18.6. The lowest BCUT2D eigenvalue weighted by atomic mass is 9.72. The van der Waals surface area contributed by atoms with Crippen LogP contribution in [-0.4, -0.2) is 5.11 Å². The van der Waals surface area contributed by atoms with Gasteiger partial charge in [0.05, 0.1) is 5.60 Å². The molecule has 3 rings (SSSR count). The molecule has 0 heterocycles. The second-order valence-electron chi connectivity index (χ2n) is 8.86. The van der Waals surface area contributed by atoms with Crippen LogP contribution < -0.4 is 0 Å². The summed E-state index contributed by atoms with van der Waals surface area (Å²) in [5, 5.41) is 10.9. The van der Waals surface area contributed by atoms with E-state index in [9.17, 15) is 13.9 Å². The number of rotatable bonds is 6. The molecule has 2 aliphatic rings. The summed E-state index contributed by atoms with van der Waals surface area (Å²) in [6.07, 6.45) is 14.2. The first kappa shape index (κ1) is 19.8. The van der Waals surface area contributed by atoms with Crippen LogP contribution >= 0.6 is 0 Å². The van der Waals surface area contributed by atoms with Gasteiger partial charge in [-0.3, -0.25) is 0 Å². The predicted octanol–water partition coefficient (Wildman–Crippen LogP) is 6.73. The lowest BCUT2D eigenvalue weighted by Gasteiger charge is -2.37. The Balaban J connectivity index is 1.43. The van der Waals surface area contributed by atoms with E-state index < -0.39 is 17.2 Å². The molecule has 2 fully saturated rings. The maximum absolute atomic E-state index is 13.5. The van der Waals surface area contributed by atoms with Crippen LogP contribution in [0.5, 0.6) is 0 Å². The van der Waals surface area contributed by atoms with Gasteiger partial charge in [-0.05, 0) is 61.1 Å². The lowest BCUT2D eigenvalue weighted by molar-refractivity contribution is -0.0163. The van der Waals surface area contributed by atoms with Crippen molar-refractivity contribution in [1.29, 1.82) is 0 Å². The van der Waals surface area contributed by atoms with Gasteiger partial charge in [0.2, 0.25) is 0 Å². The van der Waals surface area contributed by atoms with Gasteiger partial charge in [-0.25, -0.2) is 8.78 Å². The van der Waals surface area contributed by atoms with Gasteiger partial charge in [-0.1, -0.05) is 64.4 Å². The van der Waals surface area contributed by atoms with E-state index in [-0.39, 0.29) is 0 Å². The third-order valence-electron chi connectivity index (χ3n) is 7.04. The van der Waals surface area contributed by atoms with Crippen molar-refractivity contribution < 1.29 is 13.9 Å². The average molecular weight is 365 g/mol. The maximum Gasteiger partial charge on any atom is 0.159 e. The summed E-state index contributed by atoms with van der Waals surface area (Å²) in [5.41, 5.74) is -0.451. The summed E-state index contributed by atoms with van der Waals surface area (Å²) in [6, 6.07) is 3.83. The molecule has 1 nitrogen and oxygen atoms in total.